The summed E-state index contributed by atoms with van der Waals surface area (Å²) in [6.45, 7) is 3.52. The standard InChI is InChI=1S/C11H15N5S/c12-5-8-10(13)15-17-11(8)14-9-6-16-3-1-7(9)2-4-16/h7,9,14H,1-4,6H2,(H2,13,15). The van der Waals surface area contributed by atoms with Gasteiger partial charge in [0.15, 0.2) is 5.82 Å². The lowest BCUT2D eigenvalue weighted by atomic mass is 9.84. The molecular formula is C11H15N5S. The van der Waals surface area contributed by atoms with Gasteiger partial charge >= 0.3 is 0 Å². The minimum Gasteiger partial charge on any atom is -0.382 e. The fraction of sp³-hybridized carbons (Fsp3) is 0.636. The summed E-state index contributed by atoms with van der Waals surface area (Å²) >= 11 is 1.29. The molecule has 3 N–H and O–H groups in total. The molecule has 2 bridgehead atoms. The molecular weight excluding hydrogens is 234 g/mol. The predicted octanol–water partition coefficient (Wildman–Crippen LogP) is 1.10. The van der Waals surface area contributed by atoms with Crippen LogP contribution < -0.4 is 11.1 Å². The van der Waals surface area contributed by atoms with Gasteiger partial charge in [-0.2, -0.15) is 9.64 Å². The topological polar surface area (TPSA) is 78.0 Å². The van der Waals surface area contributed by atoms with E-state index < -0.39 is 0 Å². The molecule has 0 aliphatic carbocycles. The normalized spacial score (nSPS) is 31.1. The molecule has 0 saturated carbocycles. The van der Waals surface area contributed by atoms with Gasteiger partial charge in [0.1, 0.15) is 16.6 Å². The molecule has 6 heteroatoms. The number of anilines is 2. The Hall–Kier alpha value is -1.32. The van der Waals surface area contributed by atoms with Gasteiger partial charge < -0.3 is 16.0 Å². The minimum atomic E-state index is 0.348. The summed E-state index contributed by atoms with van der Waals surface area (Å²) in [5, 5.41) is 13.3. The van der Waals surface area contributed by atoms with E-state index in [2.05, 4.69) is 20.7 Å². The molecule has 5 nitrogen and oxygen atoms in total. The third-order valence-electron chi connectivity index (χ3n) is 3.80. The predicted molar refractivity (Wildman–Crippen MR) is 67.8 cm³/mol. The van der Waals surface area contributed by atoms with E-state index in [1.807, 2.05) is 0 Å². The number of rotatable bonds is 2. The van der Waals surface area contributed by atoms with Gasteiger partial charge in [-0.3, -0.25) is 0 Å². The lowest BCUT2D eigenvalue weighted by molar-refractivity contribution is 0.0976. The summed E-state index contributed by atoms with van der Waals surface area (Å²) < 4.78 is 4.04. The fourth-order valence-electron chi connectivity index (χ4n) is 2.81. The van der Waals surface area contributed by atoms with Gasteiger partial charge in [0.05, 0.1) is 0 Å². The molecule has 1 aromatic rings. The highest BCUT2D eigenvalue weighted by Gasteiger charge is 2.34. The third-order valence-corrected chi connectivity index (χ3v) is 4.60. The Morgan fingerprint density at radius 3 is 2.82 bits per heavy atom. The smallest absolute Gasteiger partial charge is 0.157 e. The van der Waals surface area contributed by atoms with Gasteiger partial charge in [0.2, 0.25) is 0 Å². The van der Waals surface area contributed by atoms with Crippen molar-refractivity contribution in [2.45, 2.75) is 18.9 Å². The molecule has 0 radical (unpaired) electrons. The SMILES string of the molecule is N#Cc1c(N)nsc1NC1CN2CCC1CC2. The van der Waals surface area contributed by atoms with E-state index in [1.165, 1.54) is 37.5 Å². The van der Waals surface area contributed by atoms with E-state index >= 15 is 0 Å². The van der Waals surface area contributed by atoms with Crippen molar-refractivity contribution in [1.29, 1.82) is 5.26 Å². The second-order valence-electron chi connectivity index (χ2n) is 4.77. The van der Waals surface area contributed by atoms with E-state index in [-0.39, 0.29) is 0 Å². The van der Waals surface area contributed by atoms with Crippen molar-refractivity contribution in [1.82, 2.24) is 9.27 Å². The summed E-state index contributed by atoms with van der Waals surface area (Å²) in [5.74, 6) is 1.08. The average molecular weight is 249 g/mol. The lowest BCUT2D eigenvalue weighted by Gasteiger charge is -2.45. The molecule has 0 aromatic carbocycles. The van der Waals surface area contributed by atoms with Crippen molar-refractivity contribution in [2.75, 3.05) is 30.7 Å². The van der Waals surface area contributed by atoms with Gasteiger partial charge in [-0.25, -0.2) is 0 Å². The molecule has 4 heterocycles. The van der Waals surface area contributed by atoms with Crippen LogP contribution in [0.2, 0.25) is 0 Å². The Labute approximate surface area is 104 Å². The molecule has 0 amide bonds. The monoisotopic (exact) mass is 249 g/mol. The van der Waals surface area contributed by atoms with Crippen molar-refractivity contribution in [2.24, 2.45) is 5.92 Å². The van der Waals surface area contributed by atoms with E-state index in [4.69, 9.17) is 11.0 Å². The largest absolute Gasteiger partial charge is 0.382 e. The minimum absolute atomic E-state index is 0.348. The van der Waals surface area contributed by atoms with Crippen molar-refractivity contribution < 1.29 is 0 Å². The van der Waals surface area contributed by atoms with Crippen LogP contribution in [-0.2, 0) is 0 Å². The molecule has 4 rings (SSSR count). The molecule has 3 saturated heterocycles. The Morgan fingerprint density at radius 1 is 1.47 bits per heavy atom. The lowest BCUT2D eigenvalue weighted by Crippen LogP contribution is -2.53. The second-order valence-corrected chi connectivity index (χ2v) is 5.55. The van der Waals surface area contributed by atoms with Crippen LogP contribution in [0.1, 0.15) is 18.4 Å². The zero-order valence-electron chi connectivity index (χ0n) is 9.52. The van der Waals surface area contributed by atoms with Crippen LogP contribution in [0.15, 0.2) is 0 Å². The number of aromatic nitrogens is 1. The molecule has 0 spiro atoms. The second kappa shape index (κ2) is 4.17. The molecule has 3 fully saturated rings. The van der Waals surface area contributed by atoms with Crippen molar-refractivity contribution >= 4 is 22.4 Å². The average Bonchev–Trinajstić information content (AvgIpc) is 2.71. The summed E-state index contributed by atoms with van der Waals surface area (Å²) in [7, 11) is 0. The molecule has 3 aliphatic rings. The molecule has 90 valence electrons. The van der Waals surface area contributed by atoms with Crippen LogP contribution >= 0.6 is 11.5 Å². The summed E-state index contributed by atoms with van der Waals surface area (Å²) in [6.07, 6.45) is 2.52. The first kappa shape index (κ1) is 10.8. The molecule has 1 aromatic heterocycles. The molecule has 1 unspecified atom stereocenters. The number of hydrogen-bond donors (Lipinski definition) is 2. The van der Waals surface area contributed by atoms with Crippen LogP contribution in [-0.4, -0.2) is 34.9 Å². The van der Waals surface area contributed by atoms with Gasteiger partial charge in [-0.15, -0.1) is 0 Å². The van der Waals surface area contributed by atoms with Crippen molar-refractivity contribution in [3.05, 3.63) is 5.56 Å². The van der Waals surface area contributed by atoms with Crippen LogP contribution in [0.3, 0.4) is 0 Å². The number of hydrogen-bond acceptors (Lipinski definition) is 6. The summed E-state index contributed by atoms with van der Waals surface area (Å²) in [5.41, 5.74) is 6.17. The highest BCUT2D eigenvalue weighted by Crippen LogP contribution is 2.33. The van der Waals surface area contributed by atoms with Crippen molar-refractivity contribution in [3.8, 4) is 6.07 Å². The Balaban J connectivity index is 1.77. The third kappa shape index (κ3) is 1.85. The quantitative estimate of drug-likeness (QED) is 0.820. The van der Waals surface area contributed by atoms with Crippen molar-refractivity contribution in [3.63, 3.8) is 0 Å². The number of fused-ring (bicyclic) bond motifs is 3. The fourth-order valence-corrected chi connectivity index (χ4v) is 3.53. The number of nitrogens with two attached hydrogens (primary N) is 1. The first-order valence-electron chi connectivity index (χ1n) is 5.92. The van der Waals surface area contributed by atoms with Crippen LogP contribution in [0, 0.1) is 17.2 Å². The number of nitriles is 1. The first-order chi connectivity index (χ1) is 8.28. The van der Waals surface area contributed by atoms with Crippen LogP contribution in [0.4, 0.5) is 10.8 Å². The van der Waals surface area contributed by atoms with Gasteiger partial charge in [-0.05, 0) is 43.4 Å². The number of nitrogen functional groups attached to an aromatic ring is 1. The number of nitrogens with one attached hydrogen (secondary N) is 1. The number of nitrogens with zero attached hydrogens (tertiary/aromatic N) is 3. The number of piperidine rings is 3. The molecule has 1 atom stereocenters. The summed E-state index contributed by atoms with van der Waals surface area (Å²) in [6, 6.07) is 2.57. The first-order valence-corrected chi connectivity index (χ1v) is 6.69. The highest BCUT2D eigenvalue weighted by atomic mass is 32.1. The van der Waals surface area contributed by atoms with E-state index in [1.54, 1.807) is 0 Å². The summed E-state index contributed by atoms with van der Waals surface area (Å²) in [4.78, 5) is 2.48. The highest BCUT2D eigenvalue weighted by molar-refractivity contribution is 7.10. The maximum atomic E-state index is 9.04. The van der Waals surface area contributed by atoms with Gasteiger partial charge in [-0.1, -0.05) is 0 Å². The maximum Gasteiger partial charge on any atom is 0.157 e. The zero-order valence-corrected chi connectivity index (χ0v) is 10.3. The Kier molecular flexibility index (Phi) is 2.65. The molecule has 3 aliphatic heterocycles. The maximum absolute atomic E-state index is 9.04. The van der Waals surface area contributed by atoms with E-state index in [0.29, 0.717) is 17.4 Å². The molecule has 17 heavy (non-hydrogen) atoms. The van der Waals surface area contributed by atoms with E-state index in [0.717, 1.165) is 17.5 Å². The van der Waals surface area contributed by atoms with Gasteiger partial charge in [0, 0.05) is 12.6 Å². The van der Waals surface area contributed by atoms with Gasteiger partial charge in [0.25, 0.3) is 0 Å². The van der Waals surface area contributed by atoms with Crippen LogP contribution in [0.25, 0.3) is 0 Å². The Bertz CT molecular complexity index is 455. The van der Waals surface area contributed by atoms with E-state index in [9.17, 15) is 0 Å². The van der Waals surface area contributed by atoms with Crippen LogP contribution in [0.5, 0.6) is 0 Å². The Morgan fingerprint density at radius 2 is 2.24 bits per heavy atom. The zero-order chi connectivity index (χ0) is 11.8.